The Balaban J connectivity index is 2.50. The first kappa shape index (κ1) is 10.4. The fourth-order valence-corrected chi connectivity index (χ4v) is 0.898. The van der Waals surface area contributed by atoms with Gasteiger partial charge in [-0.25, -0.2) is 0 Å². The highest BCUT2D eigenvalue weighted by Gasteiger charge is 2.00. The average Bonchev–Trinajstić information content (AvgIpc) is 2.16. The highest BCUT2D eigenvalue weighted by Crippen LogP contribution is 2.10. The molecular weight excluding hydrogens is 176 g/mol. The Hall–Kier alpha value is -1.64. The molecule has 2 N–H and O–H groups in total. The second-order valence-corrected chi connectivity index (χ2v) is 3.21. The molecule has 3 heteroatoms. The quantitative estimate of drug-likeness (QED) is 0.704. The molecule has 0 atom stereocenters. The van der Waals surface area contributed by atoms with E-state index in [0.29, 0.717) is 0 Å². The van der Waals surface area contributed by atoms with Gasteiger partial charge in [0.05, 0.1) is 11.4 Å². The van der Waals surface area contributed by atoms with Crippen molar-refractivity contribution in [2.75, 3.05) is 6.61 Å². The summed E-state index contributed by atoms with van der Waals surface area (Å²) < 4.78 is 5.32. The van der Waals surface area contributed by atoms with Crippen LogP contribution in [0.5, 0.6) is 5.75 Å². The Morgan fingerprint density at radius 1 is 1.21 bits per heavy atom. The van der Waals surface area contributed by atoms with Crippen LogP contribution in [-0.4, -0.2) is 18.0 Å². The normalized spacial score (nSPS) is 9.57. The Kier molecular flexibility index (Phi) is 3.40. The number of benzene rings is 1. The lowest BCUT2D eigenvalue weighted by Crippen LogP contribution is -2.17. The van der Waals surface area contributed by atoms with Crippen LogP contribution >= 0.6 is 0 Å². The molecule has 1 rings (SSSR count). The van der Waals surface area contributed by atoms with E-state index in [1.54, 1.807) is 6.92 Å². The van der Waals surface area contributed by atoms with E-state index in [-0.39, 0.29) is 18.0 Å². The minimum atomic E-state index is 0.165. The first-order valence-electron chi connectivity index (χ1n) is 4.42. The summed E-state index contributed by atoms with van der Waals surface area (Å²) in [4.78, 5) is 0. The molecule has 0 fully saturated rings. The van der Waals surface area contributed by atoms with Crippen molar-refractivity contribution in [2.24, 2.45) is 0 Å². The third-order valence-electron chi connectivity index (χ3n) is 1.86. The molecule has 0 spiro atoms. The molecule has 0 heterocycles. The molecule has 0 radical (unpaired) electrons. The Bertz CT molecular complexity index is 341. The fraction of sp³-hybridized carbons (Fsp3) is 0.273. The van der Waals surface area contributed by atoms with E-state index in [1.165, 1.54) is 5.56 Å². The van der Waals surface area contributed by atoms with Crippen molar-refractivity contribution >= 4 is 11.4 Å². The largest absolute Gasteiger partial charge is 0.487 e. The predicted octanol–water partition coefficient (Wildman–Crippen LogP) is 2.43. The summed E-state index contributed by atoms with van der Waals surface area (Å²) in [5.41, 5.74) is 1.64. The Labute approximate surface area is 83.7 Å². The van der Waals surface area contributed by atoms with E-state index in [2.05, 4.69) is 0 Å². The second-order valence-electron chi connectivity index (χ2n) is 3.21. The maximum atomic E-state index is 7.39. The number of ether oxygens (including phenoxy) is 1. The molecule has 0 aromatic heterocycles. The molecule has 0 bridgehead atoms. The Morgan fingerprint density at radius 2 is 1.79 bits per heavy atom. The number of nitrogens with one attached hydrogen (secondary N) is 2. The lowest BCUT2D eigenvalue weighted by atomic mass is 10.2. The summed E-state index contributed by atoms with van der Waals surface area (Å²) in [6.07, 6.45) is 0. The van der Waals surface area contributed by atoms with E-state index in [9.17, 15) is 0 Å². The van der Waals surface area contributed by atoms with Crippen LogP contribution in [-0.2, 0) is 0 Å². The van der Waals surface area contributed by atoms with Gasteiger partial charge in [0, 0.05) is 0 Å². The van der Waals surface area contributed by atoms with Gasteiger partial charge in [0.15, 0.2) is 0 Å². The average molecular weight is 190 g/mol. The van der Waals surface area contributed by atoms with Crippen LogP contribution in [0.2, 0.25) is 0 Å². The van der Waals surface area contributed by atoms with E-state index >= 15 is 0 Å². The van der Waals surface area contributed by atoms with E-state index in [4.69, 9.17) is 15.6 Å². The minimum Gasteiger partial charge on any atom is -0.487 e. The fourth-order valence-electron chi connectivity index (χ4n) is 0.898. The molecule has 1 aromatic rings. The zero-order chi connectivity index (χ0) is 10.6. The van der Waals surface area contributed by atoms with Gasteiger partial charge in [0.1, 0.15) is 12.4 Å². The molecule has 0 amide bonds. The SMILES string of the molecule is CC(=N)C(=N)COc1ccc(C)cc1. The van der Waals surface area contributed by atoms with E-state index in [1.807, 2.05) is 31.2 Å². The van der Waals surface area contributed by atoms with Gasteiger partial charge >= 0.3 is 0 Å². The van der Waals surface area contributed by atoms with Crippen molar-refractivity contribution in [1.29, 1.82) is 10.8 Å². The molecule has 0 unspecified atom stereocenters. The Morgan fingerprint density at radius 3 is 2.29 bits per heavy atom. The molecular formula is C11H14N2O. The van der Waals surface area contributed by atoms with Gasteiger partial charge in [-0.1, -0.05) is 17.7 Å². The number of hydrogen-bond acceptors (Lipinski definition) is 3. The first-order chi connectivity index (χ1) is 6.59. The zero-order valence-corrected chi connectivity index (χ0v) is 8.42. The van der Waals surface area contributed by atoms with Gasteiger partial charge in [-0.15, -0.1) is 0 Å². The van der Waals surface area contributed by atoms with Crippen LogP contribution in [0.25, 0.3) is 0 Å². The van der Waals surface area contributed by atoms with Crippen LogP contribution < -0.4 is 4.74 Å². The standard InChI is InChI=1S/C11H14N2O/c1-8-3-5-10(6-4-8)14-7-11(13)9(2)12/h3-6,12-13H,7H2,1-2H3. The second kappa shape index (κ2) is 4.56. The van der Waals surface area contributed by atoms with Gasteiger partial charge in [0.2, 0.25) is 0 Å². The van der Waals surface area contributed by atoms with Gasteiger partial charge in [-0.2, -0.15) is 0 Å². The van der Waals surface area contributed by atoms with Gasteiger partial charge in [0.25, 0.3) is 0 Å². The van der Waals surface area contributed by atoms with Crippen LogP contribution in [0.15, 0.2) is 24.3 Å². The van der Waals surface area contributed by atoms with Crippen LogP contribution in [0.4, 0.5) is 0 Å². The summed E-state index contributed by atoms with van der Waals surface area (Å²) in [6, 6.07) is 7.64. The first-order valence-corrected chi connectivity index (χ1v) is 4.42. The molecule has 0 aliphatic carbocycles. The number of aryl methyl sites for hydroxylation is 1. The molecule has 3 nitrogen and oxygen atoms in total. The summed E-state index contributed by atoms with van der Waals surface area (Å²) in [5, 5.41) is 14.6. The van der Waals surface area contributed by atoms with Crippen LogP contribution in [0.1, 0.15) is 12.5 Å². The van der Waals surface area contributed by atoms with Crippen molar-refractivity contribution in [1.82, 2.24) is 0 Å². The molecule has 0 aliphatic heterocycles. The predicted molar refractivity (Wildman–Crippen MR) is 57.8 cm³/mol. The van der Waals surface area contributed by atoms with Crippen molar-refractivity contribution < 1.29 is 4.74 Å². The molecule has 0 saturated heterocycles. The summed E-state index contributed by atoms with van der Waals surface area (Å²) in [7, 11) is 0. The van der Waals surface area contributed by atoms with Crippen molar-refractivity contribution in [3.05, 3.63) is 29.8 Å². The number of rotatable bonds is 4. The third kappa shape index (κ3) is 3.01. The molecule has 0 saturated carbocycles. The topological polar surface area (TPSA) is 56.9 Å². The number of hydrogen-bond donors (Lipinski definition) is 2. The summed E-state index contributed by atoms with van der Waals surface area (Å²) >= 11 is 0. The highest BCUT2D eigenvalue weighted by atomic mass is 16.5. The lowest BCUT2D eigenvalue weighted by molar-refractivity contribution is 0.377. The monoisotopic (exact) mass is 190 g/mol. The van der Waals surface area contributed by atoms with Crippen molar-refractivity contribution in [3.8, 4) is 5.75 Å². The van der Waals surface area contributed by atoms with Crippen LogP contribution in [0, 0.1) is 17.7 Å². The maximum Gasteiger partial charge on any atom is 0.131 e. The summed E-state index contributed by atoms with van der Waals surface area (Å²) in [6.45, 7) is 3.76. The van der Waals surface area contributed by atoms with Crippen LogP contribution in [0.3, 0.4) is 0 Å². The van der Waals surface area contributed by atoms with Gasteiger partial charge < -0.3 is 10.1 Å². The molecule has 14 heavy (non-hydrogen) atoms. The van der Waals surface area contributed by atoms with Crippen molar-refractivity contribution in [2.45, 2.75) is 13.8 Å². The van der Waals surface area contributed by atoms with Gasteiger partial charge in [-0.3, -0.25) is 5.41 Å². The van der Waals surface area contributed by atoms with E-state index in [0.717, 1.165) is 5.75 Å². The van der Waals surface area contributed by atoms with Gasteiger partial charge in [-0.05, 0) is 26.0 Å². The van der Waals surface area contributed by atoms with E-state index < -0.39 is 0 Å². The maximum absolute atomic E-state index is 7.39. The minimum absolute atomic E-state index is 0.165. The third-order valence-corrected chi connectivity index (χ3v) is 1.86. The summed E-state index contributed by atoms with van der Waals surface area (Å²) in [5.74, 6) is 0.738. The molecule has 74 valence electrons. The lowest BCUT2D eigenvalue weighted by Gasteiger charge is -2.06. The zero-order valence-electron chi connectivity index (χ0n) is 8.42. The highest BCUT2D eigenvalue weighted by molar-refractivity contribution is 6.39. The molecule has 1 aromatic carbocycles. The molecule has 0 aliphatic rings. The van der Waals surface area contributed by atoms with Crippen molar-refractivity contribution in [3.63, 3.8) is 0 Å². The smallest absolute Gasteiger partial charge is 0.131 e.